The molecule has 3 heterocycles. The quantitative estimate of drug-likeness (QED) is 0.827. The Hall–Kier alpha value is -1.83. The van der Waals surface area contributed by atoms with Gasteiger partial charge in [-0.05, 0) is 31.4 Å². The minimum Gasteiger partial charge on any atom is -0.341 e. The summed E-state index contributed by atoms with van der Waals surface area (Å²) in [6.07, 6.45) is 2.27. The number of aromatic nitrogens is 1. The highest BCUT2D eigenvalue weighted by atomic mass is 32.1. The molecule has 2 N–H and O–H groups in total. The number of ketones is 1. The number of rotatable bonds is 3. The molecule has 0 spiro atoms. The van der Waals surface area contributed by atoms with E-state index >= 15 is 0 Å². The molecule has 2 fully saturated rings. The minimum atomic E-state index is -0.124. The Labute approximate surface area is 144 Å². The minimum absolute atomic E-state index is 0.0238. The summed E-state index contributed by atoms with van der Waals surface area (Å²) < 4.78 is 1.05. The van der Waals surface area contributed by atoms with Gasteiger partial charge in [0.25, 0.3) is 0 Å². The Bertz CT molecular complexity index is 728. The molecule has 2 saturated heterocycles. The van der Waals surface area contributed by atoms with E-state index in [0.717, 1.165) is 36.0 Å². The van der Waals surface area contributed by atoms with E-state index in [0.29, 0.717) is 18.1 Å². The van der Waals surface area contributed by atoms with Crippen LogP contribution in [-0.2, 0) is 4.79 Å². The molecule has 24 heavy (non-hydrogen) atoms. The molecule has 0 aliphatic carbocycles. The summed E-state index contributed by atoms with van der Waals surface area (Å²) in [4.78, 5) is 31.5. The van der Waals surface area contributed by atoms with Crippen LogP contribution >= 0.6 is 11.3 Å². The van der Waals surface area contributed by atoms with Crippen molar-refractivity contribution >= 4 is 33.2 Å². The van der Waals surface area contributed by atoms with Gasteiger partial charge in [0.05, 0.1) is 10.2 Å². The smallest absolute Gasteiger partial charge is 0.241 e. The fourth-order valence-electron chi connectivity index (χ4n) is 3.40. The van der Waals surface area contributed by atoms with Gasteiger partial charge in [-0.3, -0.25) is 15.0 Å². The van der Waals surface area contributed by atoms with Gasteiger partial charge in [0.2, 0.25) is 5.91 Å². The Balaban J connectivity index is 1.39. The van der Waals surface area contributed by atoms with Crippen molar-refractivity contribution in [1.29, 1.82) is 0 Å². The van der Waals surface area contributed by atoms with Crippen LogP contribution in [0.5, 0.6) is 0 Å². The highest BCUT2D eigenvalue weighted by Crippen LogP contribution is 2.27. The SMILES string of the molecule is O=C(c1nc2ccccc2s1)C1CCN(C(=O)C2CCNN2)CC1. The van der Waals surface area contributed by atoms with Gasteiger partial charge in [-0.25, -0.2) is 10.4 Å². The first-order chi connectivity index (χ1) is 11.7. The summed E-state index contributed by atoms with van der Waals surface area (Å²) in [5.41, 5.74) is 6.89. The van der Waals surface area contributed by atoms with Gasteiger partial charge < -0.3 is 4.90 Å². The number of fused-ring (bicyclic) bond motifs is 1. The number of nitrogens with one attached hydrogen (secondary N) is 2. The third-order valence-corrected chi connectivity index (χ3v) is 5.87. The number of hydrogen-bond donors (Lipinski definition) is 2. The molecule has 2 aliphatic rings. The van der Waals surface area contributed by atoms with Crippen LogP contribution in [0.4, 0.5) is 0 Å². The van der Waals surface area contributed by atoms with Crippen molar-refractivity contribution in [3.63, 3.8) is 0 Å². The second-order valence-electron chi connectivity index (χ2n) is 6.36. The molecule has 126 valence electrons. The molecule has 0 saturated carbocycles. The van der Waals surface area contributed by atoms with Crippen molar-refractivity contribution in [2.45, 2.75) is 25.3 Å². The van der Waals surface area contributed by atoms with E-state index in [1.807, 2.05) is 29.2 Å². The topological polar surface area (TPSA) is 74.3 Å². The van der Waals surface area contributed by atoms with E-state index in [-0.39, 0.29) is 23.7 Å². The maximum atomic E-state index is 12.7. The van der Waals surface area contributed by atoms with Crippen molar-refractivity contribution in [3.8, 4) is 0 Å². The molecule has 0 radical (unpaired) electrons. The zero-order valence-electron chi connectivity index (χ0n) is 13.3. The lowest BCUT2D eigenvalue weighted by Crippen LogP contribution is -2.49. The molecule has 6 nitrogen and oxygen atoms in total. The maximum absolute atomic E-state index is 12.7. The van der Waals surface area contributed by atoms with E-state index in [9.17, 15) is 9.59 Å². The van der Waals surface area contributed by atoms with Gasteiger partial charge in [-0.15, -0.1) is 11.3 Å². The van der Waals surface area contributed by atoms with Crippen molar-refractivity contribution < 1.29 is 9.59 Å². The van der Waals surface area contributed by atoms with E-state index in [4.69, 9.17) is 0 Å². The number of thiazole rings is 1. The number of carbonyl (C=O) groups is 2. The second-order valence-corrected chi connectivity index (χ2v) is 7.39. The van der Waals surface area contributed by atoms with Gasteiger partial charge >= 0.3 is 0 Å². The van der Waals surface area contributed by atoms with Crippen LogP contribution in [0.25, 0.3) is 10.2 Å². The summed E-state index contributed by atoms with van der Waals surface area (Å²) in [7, 11) is 0. The zero-order chi connectivity index (χ0) is 16.5. The summed E-state index contributed by atoms with van der Waals surface area (Å²) >= 11 is 1.47. The Morgan fingerprint density at radius 3 is 2.67 bits per heavy atom. The van der Waals surface area contributed by atoms with Crippen LogP contribution in [0, 0.1) is 5.92 Å². The normalized spacial score (nSPS) is 22.2. The third kappa shape index (κ3) is 2.94. The summed E-state index contributed by atoms with van der Waals surface area (Å²) in [5.74, 6) is 0.249. The number of para-hydroxylation sites is 1. The van der Waals surface area contributed by atoms with E-state index in [1.54, 1.807) is 0 Å². The molecule has 4 rings (SSSR count). The number of piperidine rings is 1. The fourth-order valence-corrected chi connectivity index (χ4v) is 4.39. The molecule has 7 heteroatoms. The first kappa shape index (κ1) is 15.7. The summed E-state index contributed by atoms with van der Waals surface area (Å²) in [6, 6.07) is 7.71. The van der Waals surface area contributed by atoms with E-state index < -0.39 is 0 Å². The van der Waals surface area contributed by atoms with Crippen molar-refractivity contribution in [1.82, 2.24) is 20.7 Å². The van der Waals surface area contributed by atoms with Gasteiger partial charge in [0.15, 0.2) is 10.8 Å². The Morgan fingerprint density at radius 2 is 1.96 bits per heavy atom. The second kappa shape index (κ2) is 6.58. The summed E-state index contributed by atoms with van der Waals surface area (Å²) in [5, 5.41) is 0.600. The predicted molar refractivity (Wildman–Crippen MR) is 92.8 cm³/mol. The van der Waals surface area contributed by atoms with Crippen LogP contribution in [0.15, 0.2) is 24.3 Å². The van der Waals surface area contributed by atoms with Gasteiger partial charge in [-0.1, -0.05) is 12.1 Å². The molecular formula is C17H20N4O2S. The van der Waals surface area contributed by atoms with E-state index in [2.05, 4.69) is 15.8 Å². The number of benzene rings is 1. The Kier molecular flexibility index (Phi) is 4.30. The lowest BCUT2D eigenvalue weighted by molar-refractivity contribution is -0.134. The van der Waals surface area contributed by atoms with Crippen molar-refractivity contribution in [2.24, 2.45) is 5.92 Å². The van der Waals surface area contributed by atoms with Crippen LogP contribution in [0.1, 0.15) is 29.1 Å². The molecule has 1 aromatic heterocycles. The van der Waals surface area contributed by atoms with Crippen molar-refractivity contribution in [2.75, 3.05) is 19.6 Å². The number of hydrazine groups is 1. The standard InChI is InChI=1S/C17H20N4O2S/c22-15(16-19-12-3-1-2-4-14(12)24-16)11-6-9-21(10-7-11)17(23)13-5-8-18-20-13/h1-4,11,13,18,20H,5-10H2. The lowest BCUT2D eigenvalue weighted by atomic mass is 9.92. The number of carbonyl (C=O) groups excluding carboxylic acids is 2. The lowest BCUT2D eigenvalue weighted by Gasteiger charge is -2.32. The van der Waals surface area contributed by atoms with Gasteiger partial charge in [0.1, 0.15) is 6.04 Å². The molecule has 1 unspecified atom stereocenters. The highest BCUT2D eigenvalue weighted by Gasteiger charge is 2.33. The number of amides is 1. The highest BCUT2D eigenvalue weighted by molar-refractivity contribution is 7.20. The van der Waals surface area contributed by atoms with Gasteiger partial charge in [-0.2, -0.15) is 0 Å². The van der Waals surface area contributed by atoms with Crippen LogP contribution < -0.4 is 10.9 Å². The number of hydrogen-bond acceptors (Lipinski definition) is 6. The van der Waals surface area contributed by atoms with Crippen LogP contribution in [-0.4, -0.2) is 47.3 Å². The van der Waals surface area contributed by atoms with Crippen LogP contribution in [0.2, 0.25) is 0 Å². The maximum Gasteiger partial charge on any atom is 0.241 e. The van der Waals surface area contributed by atoms with E-state index in [1.165, 1.54) is 11.3 Å². The molecule has 1 amide bonds. The number of nitrogens with zero attached hydrogens (tertiary/aromatic N) is 2. The summed E-state index contributed by atoms with van der Waals surface area (Å²) in [6.45, 7) is 2.12. The first-order valence-corrected chi connectivity index (χ1v) is 9.21. The van der Waals surface area contributed by atoms with Crippen LogP contribution in [0.3, 0.4) is 0 Å². The average Bonchev–Trinajstić information content (AvgIpc) is 3.30. The fraction of sp³-hybridized carbons (Fsp3) is 0.471. The molecule has 1 aromatic carbocycles. The molecule has 2 aromatic rings. The Morgan fingerprint density at radius 1 is 1.17 bits per heavy atom. The molecular weight excluding hydrogens is 324 g/mol. The third-order valence-electron chi connectivity index (χ3n) is 4.81. The predicted octanol–water partition coefficient (Wildman–Crippen LogP) is 1.58. The molecule has 0 bridgehead atoms. The molecule has 2 aliphatic heterocycles. The van der Waals surface area contributed by atoms with Crippen molar-refractivity contribution in [3.05, 3.63) is 29.3 Å². The van der Waals surface area contributed by atoms with Gasteiger partial charge in [0, 0.05) is 25.6 Å². The average molecular weight is 344 g/mol. The monoisotopic (exact) mass is 344 g/mol. The molecule has 1 atom stereocenters. The largest absolute Gasteiger partial charge is 0.341 e. The zero-order valence-corrected chi connectivity index (χ0v) is 14.1. The number of likely N-dealkylation sites (tertiary alicyclic amines) is 1. The first-order valence-electron chi connectivity index (χ1n) is 8.39. The number of Topliss-reactive ketones (excluding diaryl/α,β-unsaturated/α-hetero) is 1.